The number of hydrogen-bond donors (Lipinski definition) is 2. The average molecular weight is 316 g/mol. The van der Waals surface area contributed by atoms with Crippen LogP contribution in [0.4, 0.5) is 0 Å². The number of carbonyl (C=O) groups is 4. The van der Waals surface area contributed by atoms with Crippen molar-refractivity contribution in [1.29, 1.82) is 0 Å². The molecule has 0 saturated heterocycles. The molecule has 23 heavy (non-hydrogen) atoms. The molecule has 2 aromatic rings. The van der Waals surface area contributed by atoms with Crippen LogP contribution in [-0.2, 0) is 4.74 Å². The zero-order chi connectivity index (χ0) is 17.0. The molecule has 2 rings (SSSR count). The molecule has 116 valence electrons. The highest BCUT2D eigenvalue weighted by Crippen LogP contribution is 2.07. The number of carboxylic acids is 2. The molecule has 0 amide bonds. The molecule has 0 spiro atoms. The van der Waals surface area contributed by atoms with Crippen molar-refractivity contribution in [3.8, 4) is 0 Å². The molecule has 0 atom stereocenters. The van der Waals surface area contributed by atoms with Gasteiger partial charge in [-0.15, -0.1) is 0 Å². The molecule has 0 aliphatic rings. The summed E-state index contributed by atoms with van der Waals surface area (Å²) in [5, 5.41) is 17.6. The molecule has 0 unspecified atom stereocenters. The lowest BCUT2D eigenvalue weighted by molar-refractivity contribution is 0.0389. The van der Waals surface area contributed by atoms with Gasteiger partial charge in [-0.1, -0.05) is 0 Å². The third-order valence-corrected chi connectivity index (χ3v) is 2.62. The molecular weight excluding hydrogens is 308 g/mol. The number of pyridine rings is 2. The Morgan fingerprint density at radius 3 is 1.52 bits per heavy atom. The number of hydrogen-bond acceptors (Lipinski definition) is 7. The minimum Gasteiger partial charge on any atom is -0.478 e. The zero-order valence-corrected chi connectivity index (χ0v) is 11.3. The van der Waals surface area contributed by atoms with Gasteiger partial charge in [0.05, 0.1) is 11.1 Å². The maximum atomic E-state index is 11.8. The molecule has 0 aliphatic carbocycles. The van der Waals surface area contributed by atoms with E-state index in [1.807, 2.05) is 0 Å². The van der Waals surface area contributed by atoms with Gasteiger partial charge in [0.1, 0.15) is 11.4 Å². The minimum atomic E-state index is -1.27. The monoisotopic (exact) mass is 316 g/mol. The Bertz CT molecular complexity index is 749. The van der Waals surface area contributed by atoms with E-state index in [0.29, 0.717) is 0 Å². The average Bonchev–Trinajstić information content (AvgIpc) is 2.54. The van der Waals surface area contributed by atoms with Gasteiger partial charge >= 0.3 is 23.9 Å². The first kappa shape index (κ1) is 15.8. The highest BCUT2D eigenvalue weighted by atomic mass is 16.6. The fraction of sp³-hybridized carbons (Fsp3) is 0. The molecule has 0 bridgehead atoms. The first-order chi connectivity index (χ1) is 10.9. The van der Waals surface area contributed by atoms with E-state index in [0.717, 1.165) is 24.5 Å². The number of nitrogens with zero attached hydrogens (tertiary/aromatic N) is 2. The Balaban J connectivity index is 2.18. The molecule has 0 aromatic carbocycles. The topological polar surface area (TPSA) is 144 Å². The van der Waals surface area contributed by atoms with Crippen molar-refractivity contribution in [3.63, 3.8) is 0 Å². The van der Waals surface area contributed by atoms with Gasteiger partial charge in [-0.3, -0.25) is 0 Å². The van der Waals surface area contributed by atoms with Gasteiger partial charge in [0.25, 0.3) is 0 Å². The molecular formula is C14H8N2O7. The van der Waals surface area contributed by atoms with Crippen LogP contribution in [0.5, 0.6) is 0 Å². The maximum absolute atomic E-state index is 11.8. The molecule has 2 N–H and O–H groups in total. The van der Waals surface area contributed by atoms with Crippen LogP contribution in [-0.4, -0.2) is 44.1 Å². The summed E-state index contributed by atoms with van der Waals surface area (Å²) < 4.78 is 4.50. The van der Waals surface area contributed by atoms with Crippen molar-refractivity contribution in [3.05, 3.63) is 59.2 Å². The van der Waals surface area contributed by atoms with Gasteiger partial charge in [-0.05, 0) is 24.3 Å². The van der Waals surface area contributed by atoms with E-state index in [9.17, 15) is 19.2 Å². The number of rotatable bonds is 4. The SMILES string of the molecule is O=C(O)c1ccnc(C(=O)OC(=O)c2cc(C(=O)O)ccn2)c1. The summed E-state index contributed by atoms with van der Waals surface area (Å²) >= 11 is 0. The minimum absolute atomic E-state index is 0.203. The van der Waals surface area contributed by atoms with Crippen molar-refractivity contribution >= 4 is 23.9 Å². The van der Waals surface area contributed by atoms with E-state index in [4.69, 9.17) is 10.2 Å². The number of aromatic nitrogens is 2. The van der Waals surface area contributed by atoms with Gasteiger partial charge in [-0.2, -0.15) is 0 Å². The highest BCUT2D eigenvalue weighted by Gasteiger charge is 2.19. The van der Waals surface area contributed by atoms with Gasteiger partial charge in [0.15, 0.2) is 0 Å². The zero-order valence-electron chi connectivity index (χ0n) is 11.3. The highest BCUT2D eigenvalue weighted by molar-refractivity contribution is 6.02. The second-order valence-corrected chi connectivity index (χ2v) is 4.15. The molecule has 2 aromatic heterocycles. The molecule has 9 nitrogen and oxygen atoms in total. The summed E-state index contributed by atoms with van der Waals surface area (Å²) in [6, 6.07) is 4.22. The standard InChI is InChI=1S/C14H8N2O7/c17-11(18)7-1-3-15-9(5-7)13(21)23-14(22)10-6-8(12(19)20)2-4-16-10/h1-6H,(H,17,18)(H,19,20). The second-order valence-electron chi connectivity index (χ2n) is 4.15. The lowest BCUT2D eigenvalue weighted by atomic mass is 10.2. The first-order valence-electron chi connectivity index (χ1n) is 6.03. The number of aromatic carboxylic acids is 2. The number of carbonyl (C=O) groups excluding carboxylic acids is 2. The molecule has 0 fully saturated rings. The van der Waals surface area contributed by atoms with Crippen LogP contribution in [0.25, 0.3) is 0 Å². The van der Waals surface area contributed by atoms with Crippen LogP contribution in [0, 0.1) is 0 Å². The Morgan fingerprint density at radius 2 is 1.17 bits per heavy atom. The van der Waals surface area contributed by atoms with Crippen LogP contribution in [0.1, 0.15) is 41.7 Å². The Labute approximate surface area is 128 Å². The van der Waals surface area contributed by atoms with E-state index in [1.54, 1.807) is 0 Å². The van der Waals surface area contributed by atoms with Crippen LogP contribution in [0.15, 0.2) is 36.7 Å². The predicted octanol–water partition coefficient (Wildman–Crippen LogP) is 0.870. The van der Waals surface area contributed by atoms with Crippen molar-refractivity contribution in [2.24, 2.45) is 0 Å². The quantitative estimate of drug-likeness (QED) is 0.620. The van der Waals surface area contributed by atoms with Crippen LogP contribution in [0.2, 0.25) is 0 Å². The summed E-state index contributed by atoms with van der Waals surface area (Å²) in [5.41, 5.74) is -1.17. The van der Waals surface area contributed by atoms with Crippen molar-refractivity contribution in [2.75, 3.05) is 0 Å². The van der Waals surface area contributed by atoms with Crippen LogP contribution < -0.4 is 0 Å². The summed E-state index contributed by atoms with van der Waals surface area (Å²) in [5.74, 6) is -4.91. The summed E-state index contributed by atoms with van der Waals surface area (Å²) in [6.07, 6.45) is 2.15. The molecule has 2 heterocycles. The number of ether oxygens (including phenoxy) is 1. The number of carboxylic acid groups (broad SMARTS) is 2. The fourth-order valence-electron chi connectivity index (χ4n) is 1.54. The molecule has 0 aliphatic heterocycles. The molecule has 0 saturated carbocycles. The Hall–Kier alpha value is -3.62. The normalized spacial score (nSPS) is 9.91. The third kappa shape index (κ3) is 3.73. The van der Waals surface area contributed by atoms with Gasteiger partial charge in [0, 0.05) is 12.4 Å². The smallest absolute Gasteiger partial charge is 0.364 e. The fourth-order valence-corrected chi connectivity index (χ4v) is 1.54. The van der Waals surface area contributed by atoms with Gasteiger partial charge in [0.2, 0.25) is 0 Å². The van der Waals surface area contributed by atoms with E-state index in [1.165, 1.54) is 12.1 Å². The predicted molar refractivity (Wildman–Crippen MR) is 72.1 cm³/mol. The summed E-state index contributed by atoms with van der Waals surface area (Å²) in [7, 11) is 0. The maximum Gasteiger partial charge on any atom is 0.364 e. The third-order valence-electron chi connectivity index (χ3n) is 2.62. The van der Waals surface area contributed by atoms with Gasteiger partial charge < -0.3 is 14.9 Å². The van der Waals surface area contributed by atoms with Crippen molar-refractivity contribution in [1.82, 2.24) is 9.97 Å². The van der Waals surface area contributed by atoms with E-state index in [2.05, 4.69) is 14.7 Å². The second kappa shape index (κ2) is 6.43. The Morgan fingerprint density at radius 1 is 0.783 bits per heavy atom. The molecule has 0 radical (unpaired) electrons. The molecule has 9 heteroatoms. The van der Waals surface area contributed by atoms with Crippen molar-refractivity contribution in [2.45, 2.75) is 0 Å². The Kier molecular flexibility index (Phi) is 4.41. The van der Waals surface area contributed by atoms with Crippen LogP contribution in [0.3, 0.4) is 0 Å². The van der Waals surface area contributed by atoms with E-state index >= 15 is 0 Å². The van der Waals surface area contributed by atoms with Gasteiger partial charge in [-0.25, -0.2) is 29.1 Å². The number of esters is 2. The lowest BCUT2D eigenvalue weighted by Gasteiger charge is -2.03. The van der Waals surface area contributed by atoms with Crippen molar-refractivity contribution < 1.29 is 34.1 Å². The lowest BCUT2D eigenvalue weighted by Crippen LogP contribution is -2.16. The largest absolute Gasteiger partial charge is 0.478 e. The van der Waals surface area contributed by atoms with Crippen LogP contribution >= 0.6 is 0 Å². The first-order valence-corrected chi connectivity index (χ1v) is 6.03. The summed E-state index contributed by atoms with van der Waals surface area (Å²) in [6.45, 7) is 0. The van der Waals surface area contributed by atoms with E-state index < -0.39 is 23.9 Å². The summed E-state index contributed by atoms with van der Waals surface area (Å²) in [4.78, 5) is 52.4. The van der Waals surface area contributed by atoms with E-state index in [-0.39, 0.29) is 22.5 Å².